The van der Waals surface area contributed by atoms with Crippen molar-refractivity contribution in [1.29, 1.82) is 0 Å². The Morgan fingerprint density at radius 1 is 1.44 bits per heavy atom. The second-order valence-electron chi connectivity index (χ2n) is 3.89. The molecule has 0 unspecified atom stereocenters. The molecule has 18 heavy (non-hydrogen) atoms. The molecule has 0 aromatic heterocycles. The van der Waals surface area contributed by atoms with Crippen LogP contribution in [0.15, 0.2) is 12.1 Å². The average Bonchev–Trinajstić information content (AvgIpc) is 2.34. The number of carboxylic acid groups (broad SMARTS) is 1. The number of rotatable bonds is 6. The third-order valence-electron chi connectivity index (χ3n) is 2.75. The van der Waals surface area contributed by atoms with Gasteiger partial charge in [0.2, 0.25) is 0 Å². The molecule has 0 spiro atoms. The van der Waals surface area contributed by atoms with Gasteiger partial charge in [-0.2, -0.15) is 0 Å². The fourth-order valence-corrected chi connectivity index (χ4v) is 2.47. The van der Waals surface area contributed by atoms with E-state index in [1.807, 2.05) is 6.92 Å². The lowest BCUT2D eigenvalue weighted by Gasteiger charge is -2.11. The van der Waals surface area contributed by atoms with E-state index >= 15 is 0 Å². The molecule has 0 saturated heterocycles. The van der Waals surface area contributed by atoms with Crippen LogP contribution in [0.1, 0.15) is 41.3 Å². The van der Waals surface area contributed by atoms with E-state index in [1.54, 1.807) is 0 Å². The summed E-state index contributed by atoms with van der Waals surface area (Å²) in [6, 6.07) is 2.58. The van der Waals surface area contributed by atoms with Crippen LogP contribution in [0.25, 0.3) is 0 Å². The number of unbranched alkanes of at least 4 members (excludes halogenated alkanes) is 1. The third-order valence-corrected chi connectivity index (χ3v) is 3.31. The number of halogens is 1. The Morgan fingerprint density at radius 2 is 2.11 bits per heavy atom. The van der Waals surface area contributed by atoms with Crippen LogP contribution in [0.2, 0.25) is 0 Å². The molecular formula is C12H14BrNO4. The van der Waals surface area contributed by atoms with Gasteiger partial charge in [-0.3, -0.25) is 10.1 Å². The SMILES string of the molecule is CCCCc1c(C(=O)O)ccc([N+](=O)[O-])c1CBr. The van der Waals surface area contributed by atoms with Crippen molar-refractivity contribution in [3.63, 3.8) is 0 Å². The number of nitro benzene ring substituents is 1. The molecule has 5 nitrogen and oxygen atoms in total. The van der Waals surface area contributed by atoms with E-state index in [-0.39, 0.29) is 16.6 Å². The van der Waals surface area contributed by atoms with Gasteiger partial charge in [0, 0.05) is 17.0 Å². The first-order valence-electron chi connectivity index (χ1n) is 5.61. The molecule has 1 aromatic rings. The molecule has 0 fully saturated rings. The highest BCUT2D eigenvalue weighted by molar-refractivity contribution is 9.08. The van der Waals surface area contributed by atoms with Gasteiger partial charge in [-0.15, -0.1) is 0 Å². The molecule has 0 heterocycles. The maximum Gasteiger partial charge on any atom is 0.335 e. The molecule has 0 bridgehead atoms. The standard InChI is InChI=1S/C12H14BrNO4/c1-2-3-4-8-9(12(15)16)5-6-11(14(17)18)10(8)7-13/h5-6H,2-4,7H2,1H3,(H,15,16). The fourth-order valence-electron chi connectivity index (χ4n) is 1.84. The topological polar surface area (TPSA) is 80.4 Å². The minimum absolute atomic E-state index is 0.0250. The first-order chi connectivity index (χ1) is 8.52. The summed E-state index contributed by atoms with van der Waals surface area (Å²) in [4.78, 5) is 21.6. The zero-order chi connectivity index (χ0) is 13.7. The molecule has 0 aliphatic heterocycles. The van der Waals surface area contributed by atoms with Crippen molar-refractivity contribution in [2.75, 3.05) is 0 Å². The summed E-state index contributed by atoms with van der Waals surface area (Å²) in [6.07, 6.45) is 2.26. The predicted octanol–water partition coefficient (Wildman–Crippen LogP) is 3.53. The van der Waals surface area contributed by atoms with Crippen molar-refractivity contribution in [2.24, 2.45) is 0 Å². The molecule has 0 radical (unpaired) electrons. The van der Waals surface area contributed by atoms with E-state index in [2.05, 4.69) is 15.9 Å². The number of carboxylic acids is 1. The summed E-state index contributed by atoms with van der Waals surface area (Å²) in [5.41, 5.74) is 1.16. The number of aromatic carboxylic acids is 1. The molecule has 1 N–H and O–H groups in total. The second kappa shape index (κ2) is 6.49. The summed E-state index contributed by atoms with van der Waals surface area (Å²) >= 11 is 3.21. The number of hydrogen-bond acceptors (Lipinski definition) is 3. The van der Waals surface area contributed by atoms with Crippen LogP contribution in [0.4, 0.5) is 5.69 Å². The molecule has 0 saturated carbocycles. The maximum atomic E-state index is 11.1. The number of hydrogen-bond donors (Lipinski definition) is 1. The fraction of sp³-hybridized carbons (Fsp3) is 0.417. The minimum atomic E-state index is -1.04. The van der Waals surface area contributed by atoms with Crippen LogP contribution in [-0.2, 0) is 11.8 Å². The third kappa shape index (κ3) is 3.07. The predicted molar refractivity (Wildman–Crippen MR) is 71.3 cm³/mol. The van der Waals surface area contributed by atoms with E-state index in [0.717, 1.165) is 12.8 Å². The van der Waals surface area contributed by atoms with Crippen molar-refractivity contribution in [3.05, 3.63) is 38.9 Å². The lowest BCUT2D eigenvalue weighted by Crippen LogP contribution is -2.08. The monoisotopic (exact) mass is 315 g/mol. The average molecular weight is 316 g/mol. The van der Waals surface area contributed by atoms with Crippen molar-refractivity contribution in [1.82, 2.24) is 0 Å². The highest BCUT2D eigenvalue weighted by atomic mass is 79.9. The maximum absolute atomic E-state index is 11.1. The Balaban J connectivity index is 3.40. The number of nitrogens with zero attached hydrogens (tertiary/aromatic N) is 1. The molecule has 0 aliphatic carbocycles. The zero-order valence-electron chi connectivity index (χ0n) is 9.98. The first kappa shape index (κ1) is 14.6. The van der Waals surface area contributed by atoms with Gasteiger partial charge in [0.1, 0.15) is 0 Å². The van der Waals surface area contributed by atoms with Crippen molar-refractivity contribution >= 4 is 27.6 Å². The molecule has 1 rings (SSSR count). The Kier molecular flexibility index (Phi) is 5.27. The number of benzene rings is 1. The van der Waals surface area contributed by atoms with Crippen molar-refractivity contribution < 1.29 is 14.8 Å². The molecule has 0 atom stereocenters. The van der Waals surface area contributed by atoms with E-state index in [1.165, 1.54) is 12.1 Å². The van der Waals surface area contributed by atoms with Gasteiger partial charge < -0.3 is 5.11 Å². The smallest absolute Gasteiger partial charge is 0.335 e. The molecular weight excluding hydrogens is 302 g/mol. The van der Waals surface area contributed by atoms with Crippen molar-refractivity contribution in [2.45, 2.75) is 31.5 Å². The quantitative estimate of drug-likeness (QED) is 0.494. The Bertz CT molecular complexity index is 473. The Labute approximate surface area is 113 Å². The van der Waals surface area contributed by atoms with E-state index in [0.29, 0.717) is 17.5 Å². The Morgan fingerprint density at radius 3 is 2.56 bits per heavy atom. The van der Waals surface area contributed by atoms with Crippen LogP contribution in [0, 0.1) is 10.1 Å². The number of carbonyl (C=O) groups is 1. The molecule has 1 aromatic carbocycles. The summed E-state index contributed by atoms with van der Waals surface area (Å²) in [6.45, 7) is 1.99. The van der Waals surface area contributed by atoms with E-state index in [4.69, 9.17) is 5.11 Å². The van der Waals surface area contributed by atoms with Gasteiger partial charge in [0.05, 0.1) is 10.5 Å². The Hall–Kier alpha value is -1.43. The van der Waals surface area contributed by atoms with Crippen LogP contribution < -0.4 is 0 Å². The highest BCUT2D eigenvalue weighted by Gasteiger charge is 2.22. The second-order valence-corrected chi connectivity index (χ2v) is 4.45. The summed E-state index contributed by atoms with van der Waals surface area (Å²) in [7, 11) is 0. The highest BCUT2D eigenvalue weighted by Crippen LogP contribution is 2.29. The molecule has 0 aliphatic rings. The van der Waals surface area contributed by atoms with E-state index < -0.39 is 10.9 Å². The van der Waals surface area contributed by atoms with Crippen LogP contribution >= 0.6 is 15.9 Å². The van der Waals surface area contributed by atoms with Gasteiger partial charge in [0.25, 0.3) is 5.69 Å². The molecule has 6 heteroatoms. The van der Waals surface area contributed by atoms with Gasteiger partial charge in [0.15, 0.2) is 0 Å². The van der Waals surface area contributed by atoms with Gasteiger partial charge in [-0.25, -0.2) is 4.79 Å². The lowest BCUT2D eigenvalue weighted by molar-refractivity contribution is -0.385. The number of nitro groups is 1. The largest absolute Gasteiger partial charge is 0.478 e. The van der Waals surface area contributed by atoms with Crippen molar-refractivity contribution in [3.8, 4) is 0 Å². The molecule has 0 amide bonds. The van der Waals surface area contributed by atoms with Gasteiger partial charge in [-0.05, 0) is 24.5 Å². The molecule has 98 valence electrons. The van der Waals surface area contributed by atoms with Crippen LogP contribution in [0.5, 0.6) is 0 Å². The summed E-state index contributed by atoms with van der Waals surface area (Å²) in [5.74, 6) is -1.04. The normalized spacial score (nSPS) is 10.3. The van der Waals surface area contributed by atoms with Crippen LogP contribution in [-0.4, -0.2) is 16.0 Å². The number of alkyl halides is 1. The van der Waals surface area contributed by atoms with Gasteiger partial charge in [-0.1, -0.05) is 29.3 Å². The van der Waals surface area contributed by atoms with Gasteiger partial charge >= 0.3 is 5.97 Å². The minimum Gasteiger partial charge on any atom is -0.478 e. The lowest BCUT2D eigenvalue weighted by atomic mass is 9.95. The summed E-state index contributed by atoms with van der Waals surface area (Å²) in [5, 5.41) is 20.3. The van der Waals surface area contributed by atoms with E-state index in [9.17, 15) is 14.9 Å². The first-order valence-corrected chi connectivity index (χ1v) is 6.73. The van der Waals surface area contributed by atoms with Crippen LogP contribution in [0.3, 0.4) is 0 Å². The zero-order valence-corrected chi connectivity index (χ0v) is 11.6. The summed E-state index contributed by atoms with van der Waals surface area (Å²) < 4.78 is 0.